The fourth-order valence-corrected chi connectivity index (χ4v) is 1.30. The van der Waals surface area contributed by atoms with Gasteiger partial charge in [-0.3, -0.25) is 4.68 Å². The lowest BCUT2D eigenvalue weighted by Gasteiger charge is -2.07. The minimum atomic E-state index is -0.346. The first-order valence-corrected chi connectivity index (χ1v) is 4.74. The Morgan fingerprint density at radius 2 is 2.43 bits per heavy atom. The van der Waals surface area contributed by atoms with Crippen molar-refractivity contribution in [2.24, 2.45) is 7.05 Å². The molecular weight excluding hydrogens is 182 g/mol. The van der Waals surface area contributed by atoms with Crippen LogP contribution in [0.4, 0.5) is 0 Å². The van der Waals surface area contributed by atoms with Crippen LogP contribution >= 0.6 is 0 Å². The third-order valence-electron chi connectivity index (χ3n) is 1.98. The van der Waals surface area contributed by atoms with Gasteiger partial charge in [-0.15, -0.1) is 5.10 Å². The SMILES string of the molecule is COCCCC(O)Cc1cn(C)nn1. The fourth-order valence-electron chi connectivity index (χ4n) is 1.30. The molecule has 0 aliphatic carbocycles. The summed E-state index contributed by atoms with van der Waals surface area (Å²) in [6.45, 7) is 0.692. The Bertz CT molecular complexity index is 262. The Kier molecular flexibility index (Phi) is 4.55. The zero-order chi connectivity index (χ0) is 10.4. The van der Waals surface area contributed by atoms with Gasteiger partial charge in [0.1, 0.15) is 0 Å². The molecule has 1 N–H and O–H groups in total. The highest BCUT2D eigenvalue weighted by Gasteiger charge is 2.07. The van der Waals surface area contributed by atoms with Crippen molar-refractivity contribution >= 4 is 0 Å². The van der Waals surface area contributed by atoms with E-state index in [9.17, 15) is 5.11 Å². The lowest BCUT2D eigenvalue weighted by atomic mass is 10.1. The smallest absolute Gasteiger partial charge is 0.0852 e. The third-order valence-corrected chi connectivity index (χ3v) is 1.98. The van der Waals surface area contributed by atoms with Crippen LogP contribution in [0.1, 0.15) is 18.5 Å². The second-order valence-corrected chi connectivity index (χ2v) is 3.38. The van der Waals surface area contributed by atoms with Crippen molar-refractivity contribution in [3.05, 3.63) is 11.9 Å². The first kappa shape index (κ1) is 11.1. The monoisotopic (exact) mass is 199 g/mol. The number of methoxy groups -OCH3 is 1. The number of nitrogens with zero attached hydrogens (tertiary/aromatic N) is 3. The molecule has 0 bridgehead atoms. The van der Waals surface area contributed by atoms with Crippen molar-refractivity contribution < 1.29 is 9.84 Å². The molecule has 1 rings (SSSR count). The maximum absolute atomic E-state index is 9.61. The average molecular weight is 199 g/mol. The van der Waals surface area contributed by atoms with E-state index in [-0.39, 0.29) is 6.10 Å². The number of rotatable bonds is 6. The summed E-state index contributed by atoms with van der Waals surface area (Å²) in [7, 11) is 3.48. The van der Waals surface area contributed by atoms with Crippen molar-refractivity contribution in [1.82, 2.24) is 15.0 Å². The standard InChI is InChI=1S/C9H17N3O2/c1-12-7-8(10-11-12)6-9(13)4-3-5-14-2/h7,9,13H,3-6H2,1-2H3. The topological polar surface area (TPSA) is 60.2 Å². The van der Waals surface area contributed by atoms with Crippen molar-refractivity contribution in [2.45, 2.75) is 25.4 Å². The number of ether oxygens (including phenoxy) is 1. The van der Waals surface area contributed by atoms with Gasteiger partial charge in [-0.25, -0.2) is 0 Å². The molecule has 0 amide bonds. The Morgan fingerprint density at radius 3 is 3.00 bits per heavy atom. The van der Waals surface area contributed by atoms with Gasteiger partial charge in [0.05, 0.1) is 11.8 Å². The molecule has 1 aromatic rings. The Balaban J connectivity index is 2.23. The molecule has 1 aromatic heterocycles. The number of aryl methyl sites for hydroxylation is 1. The van der Waals surface area contributed by atoms with Crippen molar-refractivity contribution in [1.29, 1.82) is 0 Å². The second kappa shape index (κ2) is 5.72. The fraction of sp³-hybridized carbons (Fsp3) is 0.778. The summed E-state index contributed by atoms with van der Waals surface area (Å²) >= 11 is 0. The van der Waals surface area contributed by atoms with Gasteiger partial charge in [0.25, 0.3) is 0 Å². The molecule has 0 saturated carbocycles. The summed E-state index contributed by atoms with van der Waals surface area (Å²) in [6, 6.07) is 0. The number of aliphatic hydroxyl groups excluding tert-OH is 1. The Morgan fingerprint density at radius 1 is 1.64 bits per heavy atom. The highest BCUT2D eigenvalue weighted by atomic mass is 16.5. The summed E-state index contributed by atoms with van der Waals surface area (Å²) < 4.78 is 6.54. The molecule has 1 heterocycles. The highest BCUT2D eigenvalue weighted by molar-refractivity contribution is 4.93. The highest BCUT2D eigenvalue weighted by Crippen LogP contribution is 2.04. The van der Waals surface area contributed by atoms with Crippen LogP contribution in [0, 0.1) is 0 Å². The largest absolute Gasteiger partial charge is 0.393 e. The molecular formula is C9H17N3O2. The van der Waals surface area contributed by atoms with Gasteiger partial charge in [0.15, 0.2) is 0 Å². The number of hydrogen-bond acceptors (Lipinski definition) is 4. The van der Waals surface area contributed by atoms with E-state index in [0.717, 1.165) is 18.5 Å². The average Bonchev–Trinajstić information content (AvgIpc) is 2.52. The molecule has 0 radical (unpaired) electrons. The second-order valence-electron chi connectivity index (χ2n) is 3.38. The van der Waals surface area contributed by atoms with Crippen LogP contribution in [0.5, 0.6) is 0 Å². The third kappa shape index (κ3) is 3.85. The lowest BCUT2D eigenvalue weighted by molar-refractivity contribution is 0.134. The van der Waals surface area contributed by atoms with Crippen LogP contribution in [-0.4, -0.2) is 39.9 Å². The molecule has 80 valence electrons. The quantitative estimate of drug-likeness (QED) is 0.662. The number of aromatic nitrogens is 3. The van der Waals surface area contributed by atoms with E-state index in [1.165, 1.54) is 0 Å². The van der Waals surface area contributed by atoms with E-state index in [4.69, 9.17) is 4.74 Å². The summed E-state index contributed by atoms with van der Waals surface area (Å²) in [5.74, 6) is 0. The van der Waals surface area contributed by atoms with E-state index < -0.39 is 0 Å². The predicted molar refractivity (Wildman–Crippen MR) is 51.8 cm³/mol. The van der Waals surface area contributed by atoms with E-state index in [1.54, 1.807) is 11.8 Å². The predicted octanol–water partition coefficient (Wildman–Crippen LogP) is 0.145. The molecule has 0 spiro atoms. The Labute approximate surface area is 83.7 Å². The van der Waals surface area contributed by atoms with Crippen LogP contribution in [0.25, 0.3) is 0 Å². The first-order chi connectivity index (χ1) is 6.72. The van der Waals surface area contributed by atoms with Crippen LogP contribution in [0.15, 0.2) is 6.20 Å². The van der Waals surface area contributed by atoms with Crippen LogP contribution < -0.4 is 0 Å². The summed E-state index contributed by atoms with van der Waals surface area (Å²) in [5, 5.41) is 17.3. The Hall–Kier alpha value is -0.940. The van der Waals surface area contributed by atoms with Crippen molar-refractivity contribution in [3.63, 3.8) is 0 Å². The summed E-state index contributed by atoms with van der Waals surface area (Å²) in [4.78, 5) is 0. The molecule has 5 heteroatoms. The number of aliphatic hydroxyl groups is 1. The van der Waals surface area contributed by atoms with Crippen molar-refractivity contribution in [2.75, 3.05) is 13.7 Å². The molecule has 0 aliphatic heterocycles. The zero-order valence-electron chi connectivity index (χ0n) is 8.68. The summed E-state index contributed by atoms with van der Waals surface area (Å²) in [5.41, 5.74) is 0.831. The van der Waals surface area contributed by atoms with Gasteiger partial charge in [-0.2, -0.15) is 0 Å². The molecule has 1 unspecified atom stereocenters. The molecule has 1 atom stereocenters. The van der Waals surface area contributed by atoms with Crippen LogP contribution in [0.2, 0.25) is 0 Å². The first-order valence-electron chi connectivity index (χ1n) is 4.74. The van der Waals surface area contributed by atoms with Gasteiger partial charge in [0, 0.05) is 33.4 Å². The molecule has 5 nitrogen and oxygen atoms in total. The maximum Gasteiger partial charge on any atom is 0.0852 e. The summed E-state index contributed by atoms with van der Waals surface area (Å²) in [6.07, 6.45) is 3.65. The van der Waals surface area contributed by atoms with Gasteiger partial charge < -0.3 is 9.84 Å². The minimum Gasteiger partial charge on any atom is -0.393 e. The minimum absolute atomic E-state index is 0.346. The van der Waals surface area contributed by atoms with Gasteiger partial charge >= 0.3 is 0 Å². The molecule has 0 aliphatic rings. The van der Waals surface area contributed by atoms with Crippen LogP contribution in [-0.2, 0) is 18.2 Å². The lowest BCUT2D eigenvalue weighted by Crippen LogP contribution is -2.11. The van der Waals surface area contributed by atoms with Crippen LogP contribution in [0.3, 0.4) is 0 Å². The van der Waals surface area contributed by atoms with E-state index in [2.05, 4.69) is 10.3 Å². The van der Waals surface area contributed by atoms with Gasteiger partial charge in [-0.05, 0) is 12.8 Å². The van der Waals surface area contributed by atoms with Gasteiger partial charge in [-0.1, -0.05) is 5.21 Å². The maximum atomic E-state index is 9.61. The molecule has 0 fully saturated rings. The van der Waals surface area contributed by atoms with Crippen molar-refractivity contribution in [3.8, 4) is 0 Å². The van der Waals surface area contributed by atoms with E-state index in [0.29, 0.717) is 13.0 Å². The number of hydrogen-bond donors (Lipinski definition) is 1. The zero-order valence-corrected chi connectivity index (χ0v) is 8.68. The van der Waals surface area contributed by atoms with E-state index in [1.807, 2.05) is 13.2 Å². The normalized spacial score (nSPS) is 13.1. The molecule has 0 saturated heterocycles. The molecule has 14 heavy (non-hydrogen) atoms. The van der Waals surface area contributed by atoms with Gasteiger partial charge in [0.2, 0.25) is 0 Å². The van der Waals surface area contributed by atoms with E-state index >= 15 is 0 Å². The molecule has 0 aromatic carbocycles.